The van der Waals surface area contributed by atoms with Crippen LogP contribution in [-0.4, -0.2) is 23.0 Å². The molecule has 0 aliphatic carbocycles. The van der Waals surface area contributed by atoms with Crippen molar-refractivity contribution in [3.8, 4) is 0 Å². The molecule has 0 aromatic heterocycles. The fourth-order valence-corrected chi connectivity index (χ4v) is 4.25. The van der Waals surface area contributed by atoms with Crippen molar-refractivity contribution in [3.63, 3.8) is 0 Å². The van der Waals surface area contributed by atoms with Crippen LogP contribution in [0, 0.1) is 17.0 Å². The predicted octanol–water partition coefficient (Wildman–Crippen LogP) is 3.54. The number of aryl methyl sites for hydroxylation is 1. The van der Waals surface area contributed by atoms with Crippen molar-refractivity contribution in [2.75, 3.05) is 11.4 Å². The Morgan fingerprint density at radius 1 is 1.22 bits per heavy atom. The maximum atomic E-state index is 12.3. The number of hydrogen-bond donors (Lipinski definition) is 1. The number of non-ortho nitro benzene ring substituents is 1. The number of carbonyl (C=O) groups excluding carboxylic acids is 1. The number of nitrogens with zero attached hydrogens (tertiary/aromatic N) is 2. The van der Waals surface area contributed by atoms with Crippen LogP contribution in [0.5, 0.6) is 0 Å². The molecule has 1 fully saturated rings. The lowest BCUT2D eigenvalue weighted by molar-refractivity contribution is -0.384. The van der Waals surface area contributed by atoms with E-state index in [-0.39, 0.29) is 17.0 Å². The molecular weight excluding hydrogens is 342 g/mol. The van der Waals surface area contributed by atoms with Crippen molar-refractivity contribution in [2.24, 2.45) is 0 Å². The van der Waals surface area contributed by atoms with Crippen molar-refractivity contribution >= 4 is 23.4 Å². The molecule has 1 saturated heterocycles. The molecule has 0 spiro atoms. The lowest BCUT2D eigenvalue weighted by Gasteiger charge is -2.40. The van der Waals surface area contributed by atoms with Crippen LogP contribution in [0.3, 0.4) is 0 Å². The second-order valence-corrected chi connectivity index (χ2v) is 7.73. The first kappa shape index (κ1) is 17.3. The van der Waals surface area contributed by atoms with Crippen LogP contribution in [0.1, 0.15) is 30.5 Å². The van der Waals surface area contributed by atoms with E-state index in [1.165, 1.54) is 23.3 Å². The van der Waals surface area contributed by atoms with E-state index in [1.807, 2.05) is 18.2 Å². The molecule has 1 unspecified atom stereocenters. The number of nitro groups is 1. The van der Waals surface area contributed by atoms with Gasteiger partial charge in [-0.3, -0.25) is 14.9 Å². The number of hydrogen-bond acceptors (Lipinski definition) is 4. The highest BCUT2D eigenvalue weighted by Crippen LogP contribution is 2.53. The van der Waals surface area contributed by atoms with Gasteiger partial charge in [-0.15, -0.1) is 0 Å². The molecule has 2 aromatic carbocycles. The highest BCUT2D eigenvalue weighted by Gasteiger charge is 2.59. The first-order valence-corrected chi connectivity index (χ1v) is 8.88. The minimum atomic E-state index is -0.704. The first-order valence-electron chi connectivity index (χ1n) is 8.88. The Morgan fingerprint density at radius 3 is 2.74 bits per heavy atom. The second kappa shape index (κ2) is 5.67. The molecule has 27 heavy (non-hydrogen) atoms. The molecule has 2 aromatic rings. The Labute approximate surface area is 157 Å². The summed E-state index contributed by atoms with van der Waals surface area (Å²) in [4.78, 5) is 25.0. The fraction of sp³-hybridized carbons (Fsp3) is 0.286. The van der Waals surface area contributed by atoms with Gasteiger partial charge in [-0.25, -0.2) is 0 Å². The SMILES string of the molecule is Cc1ccc2c(c1)C(C)(C)C1(C=Cc3cccc([N+](=O)[O-])c3)NC(=O)CN21. The van der Waals surface area contributed by atoms with Gasteiger partial charge in [0.2, 0.25) is 5.91 Å². The Morgan fingerprint density at radius 2 is 2.00 bits per heavy atom. The molecule has 1 amide bonds. The summed E-state index contributed by atoms with van der Waals surface area (Å²) < 4.78 is 0. The Balaban J connectivity index is 1.81. The first-order chi connectivity index (χ1) is 12.7. The number of nitrogens with one attached hydrogen (secondary N) is 1. The summed E-state index contributed by atoms with van der Waals surface area (Å²) in [5.41, 5.74) is 3.11. The Bertz CT molecular complexity index is 996. The zero-order valence-electron chi connectivity index (χ0n) is 15.5. The average Bonchev–Trinajstić information content (AvgIpc) is 3.05. The smallest absolute Gasteiger partial charge is 0.270 e. The van der Waals surface area contributed by atoms with E-state index in [1.54, 1.807) is 6.07 Å². The number of amides is 1. The third-order valence-corrected chi connectivity index (χ3v) is 5.72. The maximum Gasteiger partial charge on any atom is 0.270 e. The topological polar surface area (TPSA) is 75.5 Å². The number of anilines is 1. The summed E-state index contributed by atoms with van der Waals surface area (Å²) in [6.45, 7) is 6.59. The van der Waals surface area contributed by atoms with Gasteiger partial charge in [-0.05, 0) is 30.2 Å². The van der Waals surface area contributed by atoms with Gasteiger partial charge in [0.05, 0.1) is 11.5 Å². The molecule has 1 N–H and O–H groups in total. The lowest BCUT2D eigenvalue weighted by atomic mass is 9.75. The van der Waals surface area contributed by atoms with Crippen LogP contribution >= 0.6 is 0 Å². The van der Waals surface area contributed by atoms with Gasteiger partial charge in [0.25, 0.3) is 5.69 Å². The molecule has 2 aliphatic rings. The van der Waals surface area contributed by atoms with Crippen LogP contribution in [0.25, 0.3) is 6.08 Å². The molecule has 0 saturated carbocycles. The minimum Gasteiger partial charge on any atom is -0.335 e. The summed E-state index contributed by atoms with van der Waals surface area (Å²) in [6, 6.07) is 12.8. The van der Waals surface area contributed by atoms with Crippen molar-refractivity contribution < 1.29 is 9.72 Å². The molecule has 0 radical (unpaired) electrons. The maximum absolute atomic E-state index is 12.3. The molecule has 6 heteroatoms. The van der Waals surface area contributed by atoms with Crippen molar-refractivity contribution in [3.05, 3.63) is 75.3 Å². The van der Waals surface area contributed by atoms with Crippen LogP contribution in [0.2, 0.25) is 0 Å². The van der Waals surface area contributed by atoms with Gasteiger partial charge in [0.15, 0.2) is 0 Å². The highest BCUT2D eigenvalue weighted by atomic mass is 16.6. The fourth-order valence-electron chi connectivity index (χ4n) is 4.25. The minimum absolute atomic E-state index is 0.0296. The summed E-state index contributed by atoms with van der Waals surface area (Å²) in [6.07, 6.45) is 3.82. The highest BCUT2D eigenvalue weighted by molar-refractivity contribution is 5.91. The van der Waals surface area contributed by atoms with Gasteiger partial charge in [0.1, 0.15) is 5.66 Å². The number of fused-ring (bicyclic) bond motifs is 3. The number of carbonyl (C=O) groups is 1. The largest absolute Gasteiger partial charge is 0.335 e. The van der Waals surface area contributed by atoms with Gasteiger partial charge < -0.3 is 10.2 Å². The van der Waals surface area contributed by atoms with Gasteiger partial charge in [-0.1, -0.05) is 49.8 Å². The van der Waals surface area contributed by atoms with Crippen LogP contribution in [0.4, 0.5) is 11.4 Å². The van der Waals surface area contributed by atoms with E-state index in [0.717, 1.165) is 11.3 Å². The van der Waals surface area contributed by atoms with Crippen LogP contribution in [-0.2, 0) is 10.2 Å². The van der Waals surface area contributed by atoms with Crippen molar-refractivity contribution in [2.45, 2.75) is 31.8 Å². The molecule has 1 atom stereocenters. The van der Waals surface area contributed by atoms with E-state index in [9.17, 15) is 14.9 Å². The average molecular weight is 363 g/mol. The quantitative estimate of drug-likeness (QED) is 0.668. The summed E-state index contributed by atoms with van der Waals surface area (Å²) in [5, 5.41) is 14.2. The van der Waals surface area contributed by atoms with Crippen molar-refractivity contribution in [1.29, 1.82) is 0 Å². The van der Waals surface area contributed by atoms with Crippen molar-refractivity contribution in [1.82, 2.24) is 5.32 Å². The molecule has 6 nitrogen and oxygen atoms in total. The van der Waals surface area contributed by atoms with Gasteiger partial charge in [0, 0.05) is 23.2 Å². The summed E-state index contributed by atoms with van der Waals surface area (Å²) in [7, 11) is 0. The number of nitro benzene ring substituents is 1. The summed E-state index contributed by atoms with van der Waals surface area (Å²) in [5.74, 6) is -0.0296. The van der Waals surface area contributed by atoms with E-state index in [4.69, 9.17) is 0 Å². The monoisotopic (exact) mass is 363 g/mol. The summed E-state index contributed by atoms with van der Waals surface area (Å²) >= 11 is 0. The zero-order valence-corrected chi connectivity index (χ0v) is 15.5. The van der Waals surface area contributed by atoms with E-state index in [2.05, 4.69) is 49.2 Å². The van der Waals surface area contributed by atoms with Crippen LogP contribution in [0.15, 0.2) is 48.5 Å². The van der Waals surface area contributed by atoms with Gasteiger partial charge in [-0.2, -0.15) is 0 Å². The molecule has 0 bridgehead atoms. The Hall–Kier alpha value is -3.15. The Kier molecular flexibility index (Phi) is 3.63. The number of benzene rings is 2. The normalized spacial score (nSPS) is 22.6. The van der Waals surface area contributed by atoms with E-state index < -0.39 is 10.6 Å². The molecular formula is C21H21N3O3. The third kappa shape index (κ3) is 2.44. The third-order valence-electron chi connectivity index (χ3n) is 5.72. The van der Waals surface area contributed by atoms with E-state index >= 15 is 0 Å². The molecule has 4 rings (SSSR count). The molecule has 2 aliphatic heterocycles. The standard InChI is InChI=1S/C21H21N3O3/c1-14-7-8-18-17(11-14)20(2,3)21(22-19(25)13-23(18)21)10-9-15-5-4-6-16(12-15)24(26)27/h4-12H,13H2,1-3H3,(H,22,25). The molecule has 138 valence electrons. The van der Waals surface area contributed by atoms with Crippen LogP contribution < -0.4 is 10.2 Å². The van der Waals surface area contributed by atoms with Gasteiger partial charge >= 0.3 is 0 Å². The predicted molar refractivity (Wildman–Crippen MR) is 105 cm³/mol. The zero-order chi connectivity index (χ0) is 19.4. The molecule has 2 heterocycles. The number of rotatable bonds is 3. The van der Waals surface area contributed by atoms with E-state index in [0.29, 0.717) is 6.54 Å². The lowest BCUT2D eigenvalue weighted by Crippen LogP contribution is -2.58. The second-order valence-electron chi connectivity index (χ2n) is 7.73.